The first kappa shape index (κ1) is 21.9. The molecule has 154 valence electrons. The Morgan fingerprint density at radius 3 is 2.34 bits per heavy atom. The number of anilines is 1. The van der Waals surface area contributed by atoms with E-state index in [-0.39, 0.29) is 17.4 Å². The highest BCUT2D eigenvalue weighted by Crippen LogP contribution is 2.16. The molecular weight excluding hydrogens is 374 g/mol. The lowest BCUT2D eigenvalue weighted by Crippen LogP contribution is -2.30. The minimum Gasteiger partial charge on any atom is -0.477 e. The number of rotatable bonds is 9. The van der Waals surface area contributed by atoms with Gasteiger partial charge in [0.2, 0.25) is 5.88 Å². The number of nitrogens with zero attached hydrogens (tertiary/aromatic N) is 2. The number of benzene rings is 1. The molecule has 0 saturated carbocycles. The van der Waals surface area contributed by atoms with Gasteiger partial charge in [-0.1, -0.05) is 0 Å². The van der Waals surface area contributed by atoms with E-state index in [4.69, 9.17) is 9.47 Å². The Bertz CT molecular complexity index is 848. The van der Waals surface area contributed by atoms with Crippen LogP contribution < -0.4 is 10.1 Å². The molecule has 0 bridgehead atoms. The van der Waals surface area contributed by atoms with Gasteiger partial charge < -0.3 is 19.7 Å². The highest BCUT2D eigenvalue weighted by molar-refractivity contribution is 5.97. The summed E-state index contributed by atoms with van der Waals surface area (Å²) in [6, 6.07) is 9.65. The van der Waals surface area contributed by atoms with E-state index < -0.39 is 18.5 Å². The third-order valence-corrected chi connectivity index (χ3v) is 4.07. The monoisotopic (exact) mass is 399 g/mol. The van der Waals surface area contributed by atoms with Gasteiger partial charge in [0.05, 0.1) is 6.61 Å². The van der Waals surface area contributed by atoms with Crippen molar-refractivity contribution in [3.05, 3.63) is 53.7 Å². The zero-order chi connectivity index (χ0) is 21.2. The Morgan fingerprint density at radius 2 is 1.72 bits per heavy atom. The van der Waals surface area contributed by atoms with Crippen LogP contribution >= 0.6 is 0 Å². The van der Waals surface area contributed by atoms with Crippen molar-refractivity contribution in [1.82, 2.24) is 9.88 Å². The molecule has 1 heterocycles. The fourth-order valence-electron chi connectivity index (χ4n) is 2.59. The molecule has 29 heavy (non-hydrogen) atoms. The number of carbonyl (C=O) groups is 3. The number of hydrogen-bond acceptors (Lipinski definition) is 6. The van der Waals surface area contributed by atoms with Gasteiger partial charge in [-0.05, 0) is 57.2 Å². The molecule has 8 heteroatoms. The van der Waals surface area contributed by atoms with E-state index in [0.29, 0.717) is 30.9 Å². The van der Waals surface area contributed by atoms with Crippen molar-refractivity contribution >= 4 is 23.5 Å². The van der Waals surface area contributed by atoms with Crippen molar-refractivity contribution in [2.24, 2.45) is 0 Å². The van der Waals surface area contributed by atoms with E-state index in [2.05, 4.69) is 10.3 Å². The number of aromatic nitrogens is 1. The maximum Gasteiger partial charge on any atom is 0.344 e. The second kappa shape index (κ2) is 10.8. The fraction of sp³-hybridized carbons (Fsp3) is 0.333. The van der Waals surface area contributed by atoms with Crippen LogP contribution in [0.4, 0.5) is 5.69 Å². The normalized spacial score (nSPS) is 10.2. The van der Waals surface area contributed by atoms with Crippen molar-refractivity contribution in [3.8, 4) is 5.88 Å². The quantitative estimate of drug-likeness (QED) is 0.651. The second-order valence-electron chi connectivity index (χ2n) is 5.97. The number of hydrogen-bond donors (Lipinski definition) is 1. The van der Waals surface area contributed by atoms with Gasteiger partial charge in [0.25, 0.3) is 11.8 Å². The smallest absolute Gasteiger partial charge is 0.344 e. The summed E-state index contributed by atoms with van der Waals surface area (Å²) in [5.41, 5.74) is 1.19. The van der Waals surface area contributed by atoms with Crippen molar-refractivity contribution in [3.63, 3.8) is 0 Å². The lowest BCUT2D eigenvalue weighted by atomic mass is 10.2. The van der Waals surface area contributed by atoms with Gasteiger partial charge in [0, 0.05) is 30.5 Å². The maximum atomic E-state index is 12.3. The van der Waals surface area contributed by atoms with Gasteiger partial charge in [-0.25, -0.2) is 9.78 Å². The summed E-state index contributed by atoms with van der Waals surface area (Å²) >= 11 is 0. The molecule has 0 saturated heterocycles. The minimum atomic E-state index is -0.697. The number of amides is 2. The molecule has 0 fully saturated rings. The van der Waals surface area contributed by atoms with Gasteiger partial charge in [-0.2, -0.15) is 0 Å². The molecule has 0 aliphatic carbocycles. The van der Waals surface area contributed by atoms with Crippen molar-refractivity contribution in [2.75, 3.05) is 31.6 Å². The van der Waals surface area contributed by atoms with Crippen LogP contribution in [0.1, 0.15) is 41.5 Å². The summed E-state index contributed by atoms with van der Waals surface area (Å²) in [4.78, 5) is 42.2. The van der Waals surface area contributed by atoms with E-state index >= 15 is 0 Å². The number of nitrogens with one attached hydrogen (secondary N) is 1. The molecule has 8 nitrogen and oxygen atoms in total. The molecule has 0 aliphatic rings. The maximum absolute atomic E-state index is 12.3. The van der Waals surface area contributed by atoms with Crippen LogP contribution in [0.15, 0.2) is 42.6 Å². The van der Waals surface area contributed by atoms with Crippen LogP contribution in [0.2, 0.25) is 0 Å². The Kier molecular flexibility index (Phi) is 8.14. The second-order valence-corrected chi connectivity index (χ2v) is 5.97. The molecule has 1 aromatic carbocycles. The van der Waals surface area contributed by atoms with Crippen LogP contribution in [0.3, 0.4) is 0 Å². The van der Waals surface area contributed by atoms with Crippen LogP contribution in [0.25, 0.3) is 0 Å². The van der Waals surface area contributed by atoms with Crippen molar-refractivity contribution in [1.29, 1.82) is 0 Å². The first-order chi connectivity index (χ1) is 14.0. The lowest BCUT2D eigenvalue weighted by molar-refractivity contribution is -0.119. The van der Waals surface area contributed by atoms with Gasteiger partial charge in [-0.3, -0.25) is 9.59 Å². The van der Waals surface area contributed by atoms with E-state index in [0.717, 1.165) is 0 Å². The van der Waals surface area contributed by atoms with Gasteiger partial charge in [0.15, 0.2) is 6.61 Å². The molecule has 2 rings (SSSR count). The first-order valence-corrected chi connectivity index (χ1v) is 9.44. The molecule has 2 aromatic rings. The van der Waals surface area contributed by atoms with E-state index in [9.17, 15) is 14.4 Å². The topological polar surface area (TPSA) is 97.8 Å². The Labute approximate surface area is 169 Å². The number of ether oxygens (including phenoxy) is 2. The van der Waals surface area contributed by atoms with Crippen molar-refractivity contribution < 1.29 is 23.9 Å². The number of pyridine rings is 1. The summed E-state index contributed by atoms with van der Waals surface area (Å²) < 4.78 is 10.3. The van der Waals surface area contributed by atoms with Gasteiger partial charge in [-0.15, -0.1) is 0 Å². The molecule has 0 radical (unpaired) electrons. The molecule has 0 unspecified atom stereocenters. The summed E-state index contributed by atoms with van der Waals surface area (Å²) in [6.07, 6.45) is 1.50. The molecular formula is C21H25N3O5. The highest BCUT2D eigenvalue weighted by Gasteiger charge is 2.17. The Balaban J connectivity index is 1.91. The lowest BCUT2D eigenvalue weighted by Gasteiger charge is -2.18. The first-order valence-electron chi connectivity index (χ1n) is 9.44. The molecule has 0 spiro atoms. The Hall–Kier alpha value is -3.42. The Morgan fingerprint density at radius 1 is 1.03 bits per heavy atom. The molecule has 1 aromatic heterocycles. The molecule has 0 aliphatic heterocycles. The molecule has 1 N–H and O–H groups in total. The third-order valence-electron chi connectivity index (χ3n) is 4.07. The zero-order valence-electron chi connectivity index (χ0n) is 16.8. The number of carbonyl (C=O) groups excluding carboxylic acids is 3. The average Bonchev–Trinajstić information content (AvgIpc) is 2.74. The predicted octanol–water partition coefficient (Wildman–Crippen LogP) is 2.76. The summed E-state index contributed by atoms with van der Waals surface area (Å²) in [6.45, 7) is 6.75. The van der Waals surface area contributed by atoms with Crippen LogP contribution in [-0.4, -0.2) is 54.0 Å². The van der Waals surface area contributed by atoms with E-state index in [1.54, 1.807) is 42.2 Å². The largest absolute Gasteiger partial charge is 0.477 e. The minimum absolute atomic E-state index is 0.0663. The fourth-order valence-corrected chi connectivity index (χ4v) is 2.59. The SMILES string of the molecule is CCOc1ncccc1C(=O)OCC(=O)Nc1ccc(C(=O)N(CC)CC)cc1. The average molecular weight is 399 g/mol. The highest BCUT2D eigenvalue weighted by atomic mass is 16.5. The number of esters is 1. The summed E-state index contributed by atoms with van der Waals surface area (Å²) in [7, 11) is 0. The third kappa shape index (κ3) is 6.03. The summed E-state index contributed by atoms with van der Waals surface area (Å²) in [5.74, 6) is -1.10. The van der Waals surface area contributed by atoms with E-state index in [1.807, 2.05) is 13.8 Å². The molecule has 2 amide bonds. The van der Waals surface area contributed by atoms with Gasteiger partial charge in [0.1, 0.15) is 5.56 Å². The van der Waals surface area contributed by atoms with Crippen LogP contribution in [0, 0.1) is 0 Å². The zero-order valence-corrected chi connectivity index (χ0v) is 16.8. The van der Waals surface area contributed by atoms with Gasteiger partial charge >= 0.3 is 5.97 Å². The van der Waals surface area contributed by atoms with Crippen LogP contribution in [-0.2, 0) is 9.53 Å². The van der Waals surface area contributed by atoms with Crippen LogP contribution in [0.5, 0.6) is 5.88 Å². The van der Waals surface area contributed by atoms with Crippen molar-refractivity contribution in [2.45, 2.75) is 20.8 Å². The molecule has 0 atom stereocenters. The van der Waals surface area contributed by atoms with E-state index in [1.165, 1.54) is 12.3 Å². The summed E-state index contributed by atoms with van der Waals surface area (Å²) in [5, 5.41) is 2.62. The standard InChI is InChI=1S/C21H25N3O5/c1-4-24(5-2)20(26)15-9-11-16(12-10-15)23-18(25)14-29-21(27)17-8-7-13-22-19(17)28-6-3/h7-13H,4-6,14H2,1-3H3,(H,23,25). The predicted molar refractivity (Wildman–Crippen MR) is 108 cm³/mol.